The first-order chi connectivity index (χ1) is 13.3. The highest BCUT2D eigenvalue weighted by Gasteiger charge is 2.26. The summed E-state index contributed by atoms with van der Waals surface area (Å²) in [5.74, 6) is -0.217. The van der Waals surface area contributed by atoms with Crippen molar-refractivity contribution in [1.82, 2.24) is 10.2 Å². The number of aryl methyl sites for hydroxylation is 1. The monoisotopic (exact) mass is 400 g/mol. The first kappa shape index (κ1) is 22.0. The van der Waals surface area contributed by atoms with E-state index in [2.05, 4.69) is 5.32 Å². The molecule has 2 rings (SSSR count). The maximum atomic E-state index is 13.1. The highest BCUT2D eigenvalue weighted by molar-refractivity contribution is 6.30. The molecule has 0 bridgehead atoms. The molecule has 0 saturated heterocycles. The number of hydrogen-bond acceptors (Lipinski definition) is 2. The molecule has 0 aliphatic rings. The van der Waals surface area contributed by atoms with Crippen LogP contribution in [0.15, 0.2) is 48.5 Å². The van der Waals surface area contributed by atoms with Gasteiger partial charge in [0.05, 0.1) is 6.42 Å². The lowest BCUT2D eigenvalue weighted by Gasteiger charge is -2.30. The fourth-order valence-electron chi connectivity index (χ4n) is 2.82. The molecular formula is C23H29ClN2O2. The Balaban J connectivity index is 2.20. The fourth-order valence-corrected chi connectivity index (χ4v) is 2.94. The van der Waals surface area contributed by atoms with E-state index < -0.39 is 6.04 Å². The molecule has 0 aliphatic heterocycles. The summed E-state index contributed by atoms with van der Waals surface area (Å²) in [6.45, 7) is 8.13. The summed E-state index contributed by atoms with van der Waals surface area (Å²) in [5.41, 5.74) is 3.02. The predicted octanol–water partition coefficient (Wildman–Crippen LogP) is 4.52. The molecule has 0 unspecified atom stereocenters. The highest BCUT2D eigenvalue weighted by atomic mass is 35.5. The number of nitrogens with zero attached hydrogens (tertiary/aromatic N) is 1. The highest BCUT2D eigenvalue weighted by Crippen LogP contribution is 2.15. The SMILES string of the molecule is CC[C@H](C)NC(=O)[C@@H](C)N(Cc1ccc(Cl)cc1)C(=O)Cc1ccc(C)cc1. The zero-order chi connectivity index (χ0) is 20.7. The van der Waals surface area contributed by atoms with E-state index in [0.717, 1.165) is 23.1 Å². The lowest BCUT2D eigenvalue weighted by Crippen LogP contribution is -2.49. The summed E-state index contributed by atoms with van der Waals surface area (Å²) < 4.78 is 0. The van der Waals surface area contributed by atoms with Gasteiger partial charge in [-0.15, -0.1) is 0 Å². The van der Waals surface area contributed by atoms with Gasteiger partial charge in [0, 0.05) is 17.6 Å². The van der Waals surface area contributed by atoms with E-state index in [1.54, 1.807) is 24.0 Å². The second-order valence-corrected chi connectivity index (χ2v) is 7.74. The Morgan fingerprint density at radius 1 is 1.00 bits per heavy atom. The molecule has 0 aromatic heterocycles. The number of rotatable bonds is 8. The van der Waals surface area contributed by atoms with Crippen LogP contribution in [0.4, 0.5) is 0 Å². The summed E-state index contributed by atoms with van der Waals surface area (Å²) in [6.07, 6.45) is 1.10. The van der Waals surface area contributed by atoms with Crippen molar-refractivity contribution in [1.29, 1.82) is 0 Å². The molecule has 2 amide bonds. The minimum absolute atomic E-state index is 0.0690. The third-order valence-electron chi connectivity index (χ3n) is 4.91. The predicted molar refractivity (Wildman–Crippen MR) is 114 cm³/mol. The number of carbonyl (C=O) groups is 2. The van der Waals surface area contributed by atoms with Gasteiger partial charge in [-0.25, -0.2) is 0 Å². The standard InChI is InChI=1S/C23H29ClN2O2/c1-5-17(3)25-23(28)18(4)26(15-20-10-12-21(24)13-11-20)22(27)14-19-8-6-16(2)7-9-19/h6-13,17-18H,5,14-15H2,1-4H3,(H,25,28)/t17-,18+/m0/s1. The zero-order valence-corrected chi connectivity index (χ0v) is 17.8. The maximum absolute atomic E-state index is 13.1. The van der Waals surface area contributed by atoms with Crippen molar-refractivity contribution in [2.45, 2.75) is 59.2 Å². The maximum Gasteiger partial charge on any atom is 0.242 e. The molecule has 0 saturated carbocycles. The molecule has 0 radical (unpaired) electrons. The smallest absolute Gasteiger partial charge is 0.242 e. The molecule has 2 aromatic carbocycles. The number of nitrogens with one attached hydrogen (secondary N) is 1. The first-order valence-corrected chi connectivity index (χ1v) is 10.1. The molecule has 28 heavy (non-hydrogen) atoms. The van der Waals surface area contributed by atoms with E-state index >= 15 is 0 Å². The van der Waals surface area contributed by atoms with Gasteiger partial charge in [-0.2, -0.15) is 0 Å². The average Bonchev–Trinajstić information content (AvgIpc) is 2.68. The van der Waals surface area contributed by atoms with Crippen LogP contribution in [0.1, 0.15) is 43.9 Å². The quantitative estimate of drug-likeness (QED) is 0.708. The number of amides is 2. The second kappa shape index (κ2) is 10.3. The lowest BCUT2D eigenvalue weighted by atomic mass is 10.1. The Hall–Kier alpha value is -2.33. The van der Waals surface area contributed by atoms with Crippen molar-refractivity contribution in [2.24, 2.45) is 0 Å². The van der Waals surface area contributed by atoms with E-state index in [-0.39, 0.29) is 24.3 Å². The normalized spacial score (nSPS) is 12.9. The van der Waals surface area contributed by atoms with Crippen molar-refractivity contribution in [3.05, 3.63) is 70.2 Å². The molecule has 0 heterocycles. The molecule has 0 fully saturated rings. The first-order valence-electron chi connectivity index (χ1n) is 9.70. The summed E-state index contributed by atoms with van der Waals surface area (Å²) in [7, 11) is 0. The van der Waals surface area contributed by atoms with Gasteiger partial charge in [0.1, 0.15) is 6.04 Å². The van der Waals surface area contributed by atoms with Gasteiger partial charge in [0.2, 0.25) is 11.8 Å². The van der Waals surface area contributed by atoms with Crippen LogP contribution >= 0.6 is 11.6 Å². The topological polar surface area (TPSA) is 49.4 Å². The van der Waals surface area contributed by atoms with Crippen molar-refractivity contribution in [3.8, 4) is 0 Å². The third-order valence-corrected chi connectivity index (χ3v) is 5.16. The van der Waals surface area contributed by atoms with Gasteiger partial charge in [0.15, 0.2) is 0 Å². The third kappa shape index (κ3) is 6.38. The molecule has 5 heteroatoms. The number of carbonyl (C=O) groups excluding carboxylic acids is 2. The van der Waals surface area contributed by atoms with Crippen LogP contribution < -0.4 is 5.32 Å². The molecule has 150 valence electrons. The van der Waals surface area contributed by atoms with Gasteiger partial charge >= 0.3 is 0 Å². The minimum Gasteiger partial charge on any atom is -0.352 e. The van der Waals surface area contributed by atoms with Crippen molar-refractivity contribution >= 4 is 23.4 Å². The van der Waals surface area contributed by atoms with Crippen LogP contribution in [-0.2, 0) is 22.6 Å². The Morgan fingerprint density at radius 2 is 1.57 bits per heavy atom. The second-order valence-electron chi connectivity index (χ2n) is 7.30. The van der Waals surface area contributed by atoms with Crippen LogP contribution in [-0.4, -0.2) is 28.8 Å². The Kier molecular flexibility index (Phi) is 8.06. The van der Waals surface area contributed by atoms with Crippen molar-refractivity contribution in [2.75, 3.05) is 0 Å². The number of benzene rings is 2. The minimum atomic E-state index is -0.567. The Bertz CT molecular complexity index is 787. The summed E-state index contributed by atoms with van der Waals surface area (Å²) >= 11 is 5.97. The van der Waals surface area contributed by atoms with Crippen molar-refractivity contribution < 1.29 is 9.59 Å². The molecular weight excluding hydrogens is 372 g/mol. The zero-order valence-electron chi connectivity index (χ0n) is 17.0. The van der Waals surface area contributed by atoms with Gasteiger partial charge in [0.25, 0.3) is 0 Å². The van der Waals surface area contributed by atoms with Gasteiger partial charge in [-0.05, 0) is 50.5 Å². The van der Waals surface area contributed by atoms with Gasteiger partial charge < -0.3 is 10.2 Å². The molecule has 2 aromatic rings. The van der Waals surface area contributed by atoms with E-state index in [1.807, 2.05) is 57.2 Å². The molecule has 0 spiro atoms. The van der Waals surface area contributed by atoms with E-state index in [1.165, 1.54) is 0 Å². The van der Waals surface area contributed by atoms with Crippen LogP contribution in [0.5, 0.6) is 0 Å². The molecule has 4 nitrogen and oxygen atoms in total. The van der Waals surface area contributed by atoms with Gasteiger partial charge in [-0.1, -0.05) is 60.5 Å². The summed E-state index contributed by atoms with van der Waals surface area (Å²) in [6, 6.07) is 14.8. The number of hydrogen-bond donors (Lipinski definition) is 1. The molecule has 2 atom stereocenters. The van der Waals surface area contributed by atoms with E-state index in [4.69, 9.17) is 11.6 Å². The largest absolute Gasteiger partial charge is 0.352 e. The number of halogens is 1. The van der Waals surface area contributed by atoms with E-state index in [0.29, 0.717) is 11.6 Å². The van der Waals surface area contributed by atoms with Crippen molar-refractivity contribution in [3.63, 3.8) is 0 Å². The van der Waals surface area contributed by atoms with Gasteiger partial charge in [-0.3, -0.25) is 9.59 Å². The summed E-state index contributed by atoms with van der Waals surface area (Å²) in [4.78, 5) is 27.4. The summed E-state index contributed by atoms with van der Waals surface area (Å²) in [5, 5.41) is 3.62. The molecule has 0 aliphatic carbocycles. The van der Waals surface area contributed by atoms with Crippen LogP contribution in [0.2, 0.25) is 5.02 Å². The fraction of sp³-hybridized carbons (Fsp3) is 0.391. The van der Waals surface area contributed by atoms with E-state index in [9.17, 15) is 9.59 Å². The molecule has 1 N–H and O–H groups in total. The van der Waals surface area contributed by atoms with Crippen LogP contribution in [0.3, 0.4) is 0 Å². The van der Waals surface area contributed by atoms with Crippen LogP contribution in [0.25, 0.3) is 0 Å². The van der Waals surface area contributed by atoms with Crippen LogP contribution in [0, 0.1) is 6.92 Å². The Labute approximate surface area is 172 Å². The lowest BCUT2D eigenvalue weighted by molar-refractivity contribution is -0.140. The Morgan fingerprint density at radius 3 is 2.14 bits per heavy atom. The average molecular weight is 401 g/mol.